The molecule has 1 aliphatic heterocycles. The third kappa shape index (κ3) is 2.81. The molecule has 3 N–H and O–H groups in total. The maximum absolute atomic E-state index is 8.71. The van der Waals surface area contributed by atoms with Gasteiger partial charge in [0.2, 0.25) is 0 Å². The summed E-state index contributed by atoms with van der Waals surface area (Å²) in [6.45, 7) is 6.66. The number of morpholine rings is 1. The Morgan fingerprint density at radius 2 is 2.37 bits per heavy atom. The van der Waals surface area contributed by atoms with Gasteiger partial charge in [0.05, 0.1) is 19.3 Å². The van der Waals surface area contributed by atoms with Crippen LogP contribution in [0.1, 0.15) is 24.5 Å². The Bertz CT molecular complexity index is 474. The molecule has 0 saturated carbocycles. The highest BCUT2D eigenvalue weighted by molar-refractivity contribution is 5.97. The molecule has 5 heteroatoms. The topological polar surface area (TPSA) is 71.1 Å². The van der Waals surface area contributed by atoms with Gasteiger partial charge in [-0.25, -0.2) is 0 Å². The van der Waals surface area contributed by atoms with Crippen LogP contribution < -0.4 is 10.6 Å². The minimum absolute atomic E-state index is 0.142. The molecule has 0 aliphatic carbocycles. The minimum atomic E-state index is 0.142. The van der Waals surface area contributed by atoms with Crippen molar-refractivity contribution >= 4 is 11.5 Å². The fourth-order valence-electron chi connectivity index (χ4n) is 2.50. The average molecular weight is 263 g/mol. The Kier molecular flexibility index (Phi) is 4.27. The highest BCUT2D eigenvalue weighted by Gasteiger charge is 2.22. The van der Waals surface area contributed by atoms with Crippen molar-refractivity contribution in [2.75, 3.05) is 24.7 Å². The van der Waals surface area contributed by atoms with Crippen LogP contribution in [0.25, 0.3) is 0 Å². The molecule has 0 amide bonds. The summed E-state index contributed by atoms with van der Waals surface area (Å²) in [7, 11) is 0. The van der Waals surface area contributed by atoms with Crippen LogP contribution in [0.5, 0.6) is 0 Å². The molecule has 0 aromatic heterocycles. The predicted octanol–water partition coefficient (Wildman–Crippen LogP) is 1.70. The Morgan fingerprint density at radius 1 is 1.58 bits per heavy atom. The molecule has 2 rings (SSSR count). The molecule has 1 aliphatic rings. The number of aryl methyl sites for hydroxylation is 1. The monoisotopic (exact) mass is 263 g/mol. The number of amidine groups is 1. The predicted molar refractivity (Wildman–Crippen MR) is 75.9 cm³/mol. The van der Waals surface area contributed by atoms with Gasteiger partial charge in [-0.3, -0.25) is 0 Å². The van der Waals surface area contributed by atoms with E-state index >= 15 is 0 Å². The van der Waals surface area contributed by atoms with E-state index in [1.807, 2.05) is 25.1 Å². The number of rotatable bonds is 3. The molecule has 1 heterocycles. The lowest BCUT2D eigenvalue weighted by molar-refractivity contribution is 0.0929. The van der Waals surface area contributed by atoms with Gasteiger partial charge in [0.15, 0.2) is 5.84 Å². The van der Waals surface area contributed by atoms with E-state index in [0.717, 1.165) is 37.3 Å². The summed E-state index contributed by atoms with van der Waals surface area (Å²) < 4.78 is 5.53. The van der Waals surface area contributed by atoms with E-state index in [1.54, 1.807) is 0 Å². The van der Waals surface area contributed by atoms with Gasteiger partial charge in [-0.2, -0.15) is 0 Å². The molecule has 0 spiro atoms. The molecule has 1 saturated heterocycles. The van der Waals surface area contributed by atoms with Crippen LogP contribution in [0, 0.1) is 6.92 Å². The van der Waals surface area contributed by atoms with E-state index in [0.29, 0.717) is 6.04 Å². The Balaban J connectivity index is 2.29. The molecule has 104 valence electrons. The third-order valence-corrected chi connectivity index (χ3v) is 3.61. The molecular formula is C14H21N3O2. The Hall–Kier alpha value is -1.75. The van der Waals surface area contributed by atoms with Gasteiger partial charge >= 0.3 is 0 Å². The van der Waals surface area contributed by atoms with Crippen LogP contribution in [0.2, 0.25) is 0 Å². The summed E-state index contributed by atoms with van der Waals surface area (Å²) in [6.07, 6.45) is 1.06. The molecule has 0 radical (unpaired) electrons. The highest BCUT2D eigenvalue weighted by atomic mass is 16.5. The quantitative estimate of drug-likeness (QED) is 0.377. The first-order chi connectivity index (χ1) is 9.17. The number of oxime groups is 1. The summed E-state index contributed by atoms with van der Waals surface area (Å²) >= 11 is 0. The summed E-state index contributed by atoms with van der Waals surface area (Å²) in [5.74, 6) is 0.142. The largest absolute Gasteiger partial charge is 0.409 e. The zero-order valence-corrected chi connectivity index (χ0v) is 11.5. The summed E-state index contributed by atoms with van der Waals surface area (Å²) in [6, 6.07) is 6.30. The molecule has 1 aromatic rings. The van der Waals surface area contributed by atoms with Gasteiger partial charge in [-0.15, -0.1) is 0 Å². The Morgan fingerprint density at radius 3 is 3.00 bits per heavy atom. The number of hydrogen-bond donors (Lipinski definition) is 2. The van der Waals surface area contributed by atoms with E-state index in [1.165, 1.54) is 5.69 Å². The van der Waals surface area contributed by atoms with Gasteiger partial charge in [0.25, 0.3) is 0 Å². The molecule has 1 aromatic carbocycles. The van der Waals surface area contributed by atoms with Gasteiger partial charge in [-0.05, 0) is 37.1 Å². The first-order valence-corrected chi connectivity index (χ1v) is 6.60. The molecule has 5 nitrogen and oxygen atoms in total. The van der Waals surface area contributed by atoms with Crippen molar-refractivity contribution in [1.29, 1.82) is 0 Å². The van der Waals surface area contributed by atoms with Gasteiger partial charge < -0.3 is 20.6 Å². The van der Waals surface area contributed by atoms with Crippen LogP contribution in [-0.4, -0.2) is 36.8 Å². The molecule has 0 bridgehead atoms. The van der Waals surface area contributed by atoms with E-state index in [2.05, 4.69) is 17.0 Å². The lowest BCUT2D eigenvalue weighted by atomic mass is 10.1. The van der Waals surface area contributed by atoms with Crippen LogP contribution in [0.3, 0.4) is 0 Å². The zero-order chi connectivity index (χ0) is 13.8. The van der Waals surface area contributed by atoms with E-state index in [4.69, 9.17) is 15.7 Å². The van der Waals surface area contributed by atoms with Gasteiger partial charge in [0.1, 0.15) is 0 Å². The van der Waals surface area contributed by atoms with Crippen molar-refractivity contribution in [2.45, 2.75) is 26.3 Å². The summed E-state index contributed by atoms with van der Waals surface area (Å²) in [5.41, 5.74) is 8.68. The number of nitrogens with two attached hydrogens (primary N) is 1. The van der Waals surface area contributed by atoms with E-state index in [-0.39, 0.29) is 5.84 Å². The first-order valence-electron chi connectivity index (χ1n) is 6.60. The van der Waals surface area contributed by atoms with Crippen LogP contribution >= 0.6 is 0 Å². The number of ether oxygens (including phenoxy) is 1. The SMILES string of the molecule is CCC1COCCN1c1ccc(/C(N)=N/O)cc1C. The lowest BCUT2D eigenvalue weighted by Crippen LogP contribution is -2.45. The number of hydrogen-bond acceptors (Lipinski definition) is 4. The Labute approximate surface area is 113 Å². The van der Waals surface area contributed by atoms with Crippen LogP contribution in [0.15, 0.2) is 23.4 Å². The number of nitrogens with zero attached hydrogens (tertiary/aromatic N) is 2. The molecule has 19 heavy (non-hydrogen) atoms. The van der Waals surface area contributed by atoms with E-state index < -0.39 is 0 Å². The van der Waals surface area contributed by atoms with Crippen molar-refractivity contribution in [2.24, 2.45) is 10.9 Å². The number of anilines is 1. The lowest BCUT2D eigenvalue weighted by Gasteiger charge is -2.38. The maximum atomic E-state index is 8.71. The summed E-state index contributed by atoms with van der Waals surface area (Å²) in [5, 5.41) is 11.7. The first kappa shape index (κ1) is 13.7. The molecule has 1 atom stereocenters. The van der Waals surface area contributed by atoms with Crippen LogP contribution in [0.4, 0.5) is 5.69 Å². The average Bonchev–Trinajstić information content (AvgIpc) is 2.46. The normalized spacial score (nSPS) is 20.6. The second kappa shape index (κ2) is 5.93. The third-order valence-electron chi connectivity index (χ3n) is 3.61. The zero-order valence-electron chi connectivity index (χ0n) is 11.5. The fourth-order valence-corrected chi connectivity index (χ4v) is 2.50. The standard InChI is InChI=1S/C14H21N3O2/c1-3-12-9-19-7-6-17(12)13-5-4-11(8-10(13)2)14(15)16-18/h4-5,8,12,18H,3,6-7,9H2,1-2H3,(H2,15,16). The fraction of sp³-hybridized carbons (Fsp3) is 0.500. The van der Waals surface area contributed by atoms with Gasteiger partial charge in [-0.1, -0.05) is 12.1 Å². The minimum Gasteiger partial charge on any atom is -0.409 e. The van der Waals surface area contributed by atoms with E-state index in [9.17, 15) is 0 Å². The van der Waals surface area contributed by atoms with Gasteiger partial charge in [0, 0.05) is 17.8 Å². The second-order valence-electron chi connectivity index (χ2n) is 4.82. The van der Waals surface area contributed by atoms with Crippen molar-refractivity contribution in [3.63, 3.8) is 0 Å². The number of benzene rings is 1. The van der Waals surface area contributed by atoms with Crippen molar-refractivity contribution in [1.82, 2.24) is 0 Å². The molecule has 1 fully saturated rings. The smallest absolute Gasteiger partial charge is 0.170 e. The highest BCUT2D eigenvalue weighted by Crippen LogP contribution is 2.26. The molecular weight excluding hydrogens is 242 g/mol. The van der Waals surface area contributed by atoms with Crippen LogP contribution in [-0.2, 0) is 4.74 Å². The van der Waals surface area contributed by atoms with Crippen molar-refractivity contribution < 1.29 is 9.94 Å². The van der Waals surface area contributed by atoms with Crippen molar-refractivity contribution in [3.05, 3.63) is 29.3 Å². The van der Waals surface area contributed by atoms with Crippen molar-refractivity contribution in [3.8, 4) is 0 Å². The molecule has 1 unspecified atom stereocenters. The summed E-state index contributed by atoms with van der Waals surface area (Å²) in [4.78, 5) is 2.38. The second-order valence-corrected chi connectivity index (χ2v) is 4.82. The maximum Gasteiger partial charge on any atom is 0.170 e.